The van der Waals surface area contributed by atoms with Crippen LogP contribution in [0.5, 0.6) is 0 Å². The van der Waals surface area contributed by atoms with Gasteiger partial charge in [-0.25, -0.2) is 0 Å². The summed E-state index contributed by atoms with van der Waals surface area (Å²) in [6.07, 6.45) is 3.43. The van der Waals surface area contributed by atoms with Crippen molar-refractivity contribution < 1.29 is 9.90 Å². The summed E-state index contributed by atoms with van der Waals surface area (Å²) in [5, 5.41) is 8.61. The summed E-state index contributed by atoms with van der Waals surface area (Å²) in [5.74, 6) is 5.51. The van der Waals surface area contributed by atoms with Gasteiger partial charge in [-0.3, -0.25) is 4.79 Å². The topological polar surface area (TPSA) is 40.5 Å². The second-order valence-corrected chi connectivity index (χ2v) is 4.39. The van der Waals surface area contributed by atoms with E-state index in [1.807, 2.05) is 17.0 Å². The van der Waals surface area contributed by atoms with E-state index in [2.05, 4.69) is 11.8 Å². The Balaban J connectivity index is 2.06. The Bertz CT molecular complexity index is 462. The monoisotopic (exact) mass is 243 g/mol. The van der Waals surface area contributed by atoms with Crippen molar-refractivity contribution in [2.75, 3.05) is 19.7 Å². The van der Waals surface area contributed by atoms with E-state index in [0.717, 1.165) is 31.5 Å². The average Bonchev–Trinajstić information content (AvgIpc) is 2.46. The van der Waals surface area contributed by atoms with E-state index in [1.54, 1.807) is 12.1 Å². The lowest BCUT2D eigenvalue weighted by atomic mass is 10.1. The summed E-state index contributed by atoms with van der Waals surface area (Å²) in [5.41, 5.74) is 1.53. The van der Waals surface area contributed by atoms with Crippen LogP contribution in [0.1, 0.15) is 35.2 Å². The van der Waals surface area contributed by atoms with Gasteiger partial charge in [0.25, 0.3) is 5.91 Å². The Morgan fingerprint density at radius 2 is 1.83 bits per heavy atom. The minimum absolute atomic E-state index is 0.108. The molecular weight excluding hydrogens is 226 g/mol. The SMILES string of the molecule is O=C(c1ccc(C#CCO)cc1)N1CCCCC1. The van der Waals surface area contributed by atoms with E-state index in [9.17, 15) is 4.79 Å². The number of hydrogen-bond donors (Lipinski definition) is 1. The zero-order chi connectivity index (χ0) is 12.8. The van der Waals surface area contributed by atoms with Crippen LogP contribution in [0.15, 0.2) is 24.3 Å². The highest BCUT2D eigenvalue weighted by Gasteiger charge is 2.17. The smallest absolute Gasteiger partial charge is 0.253 e. The second-order valence-electron chi connectivity index (χ2n) is 4.39. The van der Waals surface area contributed by atoms with Crippen LogP contribution in [-0.4, -0.2) is 35.6 Å². The molecule has 0 aliphatic carbocycles. The van der Waals surface area contributed by atoms with Crippen LogP contribution >= 0.6 is 0 Å². The van der Waals surface area contributed by atoms with Crippen molar-refractivity contribution in [3.63, 3.8) is 0 Å². The first-order chi connectivity index (χ1) is 8.81. The molecule has 1 aliphatic heterocycles. The summed E-state index contributed by atoms with van der Waals surface area (Å²) in [6, 6.07) is 7.25. The maximum absolute atomic E-state index is 12.2. The molecule has 1 N–H and O–H groups in total. The molecule has 0 atom stereocenters. The fourth-order valence-electron chi connectivity index (χ4n) is 2.12. The van der Waals surface area contributed by atoms with E-state index in [4.69, 9.17) is 5.11 Å². The second kappa shape index (κ2) is 6.23. The van der Waals surface area contributed by atoms with Gasteiger partial charge in [0.2, 0.25) is 0 Å². The number of piperidine rings is 1. The van der Waals surface area contributed by atoms with Gasteiger partial charge in [-0.2, -0.15) is 0 Å². The summed E-state index contributed by atoms with van der Waals surface area (Å²) in [7, 11) is 0. The van der Waals surface area contributed by atoms with Crippen LogP contribution in [0.25, 0.3) is 0 Å². The van der Waals surface area contributed by atoms with E-state index in [1.165, 1.54) is 6.42 Å². The van der Waals surface area contributed by atoms with Crippen LogP contribution in [0.3, 0.4) is 0 Å². The quantitative estimate of drug-likeness (QED) is 0.762. The molecule has 0 radical (unpaired) electrons. The first kappa shape index (κ1) is 12.7. The molecule has 94 valence electrons. The number of carbonyl (C=O) groups excluding carboxylic acids is 1. The molecule has 0 aromatic heterocycles. The van der Waals surface area contributed by atoms with Gasteiger partial charge in [-0.1, -0.05) is 11.8 Å². The number of carbonyl (C=O) groups is 1. The first-order valence-electron chi connectivity index (χ1n) is 6.30. The van der Waals surface area contributed by atoms with Crippen LogP contribution in [0.4, 0.5) is 0 Å². The van der Waals surface area contributed by atoms with Gasteiger partial charge in [-0.15, -0.1) is 0 Å². The van der Waals surface area contributed by atoms with E-state index in [0.29, 0.717) is 5.56 Å². The normalized spacial score (nSPS) is 14.8. The van der Waals surface area contributed by atoms with E-state index < -0.39 is 0 Å². The highest BCUT2D eigenvalue weighted by Crippen LogP contribution is 2.13. The van der Waals surface area contributed by atoms with Crippen molar-refractivity contribution in [3.05, 3.63) is 35.4 Å². The van der Waals surface area contributed by atoms with E-state index >= 15 is 0 Å². The fraction of sp³-hybridized carbons (Fsp3) is 0.400. The van der Waals surface area contributed by atoms with E-state index in [-0.39, 0.29) is 12.5 Å². The maximum Gasteiger partial charge on any atom is 0.253 e. The highest BCUT2D eigenvalue weighted by molar-refractivity contribution is 5.94. The van der Waals surface area contributed by atoms with Gasteiger partial charge < -0.3 is 10.0 Å². The Morgan fingerprint density at radius 1 is 1.17 bits per heavy atom. The zero-order valence-electron chi connectivity index (χ0n) is 10.4. The predicted molar refractivity (Wildman–Crippen MR) is 70.2 cm³/mol. The van der Waals surface area contributed by atoms with Gasteiger partial charge in [0.15, 0.2) is 0 Å². The van der Waals surface area contributed by atoms with Crippen molar-refractivity contribution in [2.45, 2.75) is 19.3 Å². The van der Waals surface area contributed by atoms with Crippen molar-refractivity contribution >= 4 is 5.91 Å². The molecular formula is C15H17NO2. The van der Waals surface area contributed by atoms with Gasteiger partial charge in [0.1, 0.15) is 6.61 Å². The number of aliphatic hydroxyl groups is 1. The predicted octanol–water partition coefficient (Wildman–Crippen LogP) is 1.66. The summed E-state index contributed by atoms with van der Waals surface area (Å²) in [4.78, 5) is 14.1. The molecule has 2 rings (SSSR count). The van der Waals surface area contributed by atoms with Crippen LogP contribution < -0.4 is 0 Å². The molecule has 18 heavy (non-hydrogen) atoms. The standard InChI is InChI=1S/C15H17NO2/c17-12-4-5-13-6-8-14(9-7-13)15(18)16-10-2-1-3-11-16/h6-9,17H,1-3,10-12H2. The molecule has 0 saturated carbocycles. The molecule has 1 saturated heterocycles. The van der Waals surface area contributed by atoms with Gasteiger partial charge in [0.05, 0.1) is 0 Å². The summed E-state index contributed by atoms with van der Waals surface area (Å²) in [6.45, 7) is 1.59. The fourth-order valence-corrected chi connectivity index (χ4v) is 2.12. The third-order valence-corrected chi connectivity index (χ3v) is 3.09. The number of benzene rings is 1. The maximum atomic E-state index is 12.2. The Morgan fingerprint density at radius 3 is 2.44 bits per heavy atom. The number of aliphatic hydroxyl groups excluding tert-OH is 1. The Labute approximate surface area is 107 Å². The number of hydrogen-bond acceptors (Lipinski definition) is 2. The lowest BCUT2D eigenvalue weighted by molar-refractivity contribution is 0.0724. The van der Waals surface area contributed by atoms with Crippen LogP contribution in [0.2, 0.25) is 0 Å². The van der Waals surface area contributed by atoms with Crippen molar-refractivity contribution in [1.29, 1.82) is 0 Å². The van der Waals surface area contributed by atoms with Gasteiger partial charge in [-0.05, 0) is 43.5 Å². The molecule has 1 heterocycles. The minimum atomic E-state index is -0.144. The zero-order valence-corrected chi connectivity index (χ0v) is 10.4. The molecule has 0 unspecified atom stereocenters. The first-order valence-corrected chi connectivity index (χ1v) is 6.30. The lowest BCUT2D eigenvalue weighted by Gasteiger charge is -2.26. The Kier molecular flexibility index (Phi) is 4.38. The molecule has 1 amide bonds. The molecule has 1 aliphatic rings. The number of nitrogens with zero attached hydrogens (tertiary/aromatic N) is 1. The number of amides is 1. The molecule has 1 aromatic carbocycles. The van der Waals surface area contributed by atoms with Crippen molar-refractivity contribution in [3.8, 4) is 11.8 Å². The molecule has 0 spiro atoms. The van der Waals surface area contributed by atoms with Crippen LogP contribution in [0, 0.1) is 11.8 Å². The minimum Gasteiger partial charge on any atom is -0.384 e. The molecule has 3 heteroatoms. The number of rotatable bonds is 1. The third-order valence-electron chi connectivity index (χ3n) is 3.09. The number of likely N-dealkylation sites (tertiary alicyclic amines) is 1. The summed E-state index contributed by atoms with van der Waals surface area (Å²) < 4.78 is 0. The summed E-state index contributed by atoms with van der Waals surface area (Å²) >= 11 is 0. The van der Waals surface area contributed by atoms with Crippen molar-refractivity contribution in [2.24, 2.45) is 0 Å². The van der Waals surface area contributed by atoms with Gasteiger partial charge in [0, 0.05) is 24.2 Å². The van der Waals surface area contributed by atoms with Crippen molar-refractivity contribution in [1.82, 2.24) is 4.90 Å². The van der Waals surface area contributed by atoms with Gasteiger partial charge >= 0.3 is 0 Å². The highest BCUT2D eigenvalue weighted by atomic mass is 16.2. The average molecular weight is 243 g/mol. The van der Waals surface area contributed by atoms with Crippen LogP contribution in [-0.2, 0) is 0 Å². The molecule has 0 bridgehead atoms. The lowest BCUT2D eigenvalue weighted by Crippen LogP contribution is -2.35. The Hall–Kier alpha value is -1.79. The molecule has 1 fully saturated rings. The largest absolute Gasteiger partial charge is 0.384 e. The molecule has 1 aromatic rings. The molecule has 3 nitrogen and oxygen atoms in total. The third kappa shape index (κ3) is 3.12.